The number of benzene rings is 1. The summed E-state index contributed by atoms with van der Waals surface area (Å²) >= 11 is 0. The average molecular weight is 188 g/mol. The number of para-hydroxylation sites is 1. The smallest absolute Gasteiger partial charge is 0.134 e. The lowest BCUT2D eigenvalue weighted by molar-refractivity contribution is 0.432. The van der Waals surface area contributed by atoms with E-state index in [0.717, 1.165) is 11.3 Å². The van der Waals surface area contributed by atoms with E-state index >= 15 is 0 Å². The van der Waals surface area contributed by atoms with Crippen LogP contribution in [0.2, 0.25) is 0 Å². The summed E-state index contributed by atoms with van der Waals surface area (Å²) < 4.78 is 5.79. The molecule has 0 N–H and O–H groups in total. The van der Waals surface area contributed by atoms with Crippen LogP contribution >= 0.6 is 0 Å². The summed E-state index contributed by atoms with van der Waals surface area (Å²) in [6, 6.07) is 10.3. The van der Waals surface area contributed by atoms with Gasteiger partial charge in [-0.1, -0.05) is 39.0 Å². The van der Waals surface area contributed by atoms with Crippen LogP contribution in [-0.2, 0) is 0 Å². The van der Waals surface area contributed by atoms with Gasteiger partial charge in [-0.05, 0) is 18.1 Å². The molecule has 0 saturated heterocycles. The van der Waals surface area contributed by atoms with Gasteiger partial charge in [-0.15, -0.1) is 0 Å². The van der Waals surface area contributed by atoms with Crippen LogP contribution in [0.4, 0.5) is 0 Å². The Bertz CT molecular complexity index is 392. The maximum atomic E-state index is 5.79. The van der Waals surface area contributed by atoms with Crippen LogP contribution in [0.25, 0.3) is 11.0 Å². The van der Waals surface area contributed by atoms with Gasteiger partial charge in [0.25, 0.3) is 0 Å². The van der Waals surface area contributed by atoms with Crippen molar-refractivity contribution >= 4 is 11.0 Å². The third kappa shape index (κ3) is 1.54. The zero-order valence-electron chi connectivity index (χ0n) is 8.95. The Kier molecular flexibility index (Phi) is 2.32. The van der Waals surface area contributed by atoms with Crippen molar-refractivity contribution in [1.82, 2.24) is 0 Å². The predicted octanol–water partition coefficient (Wildman–Crippen LogP) is 4.19. The molecule has 0 unspecified atom stereocenters. The first-order valence-electron chi connectivity index (χ1n) is 5.17. The molecular weight excluding hydrogens is 172 g/mol. The third-order valence-electron chi connectivity index (χ3n) is 2.89. The monoisotopic (exact) mass is 188 g/mol. The molecule has 0 bridgehead atoms. The third-order valence-corrected chi connectivity index (χ3v) is 2.89. The largest absolute Gasteiger partial charge is 0.461 e. The summed E-state index contributed by atoms with van der Waals surface area (Å²) in [6.45, 7) is 6.65. The molecule has 0 fully saturated rings. The van der Waals surface area contributed by atoms with Crippen LogP contribution in [0.1, 0.15) is 32.4 Å². The molecule has 0 spiro atoms. The highest BCUT2D eigenvalue weighted by atomic mass is 16.3. The molecule has 14 heavy (non-hydrogen) atoms. The molecule has 0 amide bonds. The summed E-state index contributed by atoms with van der Waals surface area (Å²) in [6.07, 6.45) is 0. The lowest BCUT2D eigenvalue weighted by atomic mass is 9.95. The Labute approximate surface area is 84.7 Å². The highest BCUT2D eigenvalue weighted by molar-refractivity contribution is 5.77. The lowest BCUT2D eigenvalue weighted by Gasteiger charge is -2.11. The molecular formula is C13H16O. The minimum atomic E-state index is 0.488. The maximum Gasteiger partial charge on any atom is 0.134 e. The van der Waals surface area contributed by atoms with Gasteiger partial charge in [0.05, 0.1) is 0 Å². The second kappa shape index (κ2) is 3.49. The molecule has 0 radical (unpaired) electrons. The van der Waals surface area contributed by atoms with E-state index in [2.05, 4.69) is 32.9 Å². The lowest BCUT2D eigenvalue weighted by Crippen LogP contribution is -1.99. The normalized spacial score (nSPS) is 13.7. The van der Waals surface area contributed by atoms with E-state index in [1.54, 1.807) is 0 Å². The molecule has 1 aromatic heterocycles. The molecule has 1 heteroatoms. The van der Waals surface area contributed by atoms with Crippen molar-refractivity contribution in [3.05, 3.63) is 36.1 Å². The van der Waals surface area contributed by atoms with Gasteiger partial charge in [-0.3, -0.25) is 0 Å². The zero-order chi connectivity index (χ0) is 10.1. The highest BCUT2D eigenvalue weighted by Crippen LogP contribution is 2.29. The molecule has 1 atom stereocenters. The van der Waals surface area contributed by atoms with Gasteiger partial charge in [0.15, 0.2) is 0 Å². The van der Waals surface area contributed by atoms with Crippen LogP contribution in [0, 0.1) is 5.92 Å². The van der Waals surface area contributed by atoms with Crippen molar-refractivity contribution in [2.24, 2.45) is 5.92 Å². The summed E-state index contributed by atoms with van der Waals surface area (Å²) in [5.41, 5.74) is 0.995. The average Bonchev–Trinajstić information content (AvgIpc) is 2.59. The molecule has 1 aromatic carbocycles. The Hall–Kier alpha value is -1.24. The predicted molar refractivity (Wildman–Crippen MR) is 59.5 cm³/mol. The van der Waals surface area contributed by atoms with Crippen LogP contribution in [0.3, 0.4) is 0 Å². The minimum absolute atomic E-state index is 0.488. The Morgan fingerprint density at radius 2 is 1.79 bits per heavy atom. The van der Waals surface area contributed by atoms with Gasteiger partial charge in [0, 0.05) is 11.3 Å². The van der Waals surface area contributed by atoms with E-state index in [0.29, 0.717) is 11.8 Å². The van der Waals surface area contributed by atoms with Crippen LogP contribution in [-0.4, -0.2) is 0 Å². The van der Waals surface area contributed by atoms with E-state index in [1.807, 2.05) is 18.2 Å². The second-order valence-corrected chi connectivity index (χ2v) is 4.22. The maximum absolute atomic E-state index is 5.79. The second-order valence-electron chi connectivity index (χ2n) is 4.22. The van der Waals surface area contributed by atoms with E-state index in [1.165, 1.54) is 5.39 Å². The molecule has 0 saturated carbocycles. The first kappa shape index (κ1) is 9.32. The summed E-state index contributed by atoms with van der Waals surface area (Å²) in [4.78, 5) is 0. The van der Waals surface area contributed by atoms with Crippen molar-refractivity contribution in [3.8, 4) is 0 Å². The molecule has 74 valence electrons. The molecule has 1 nitrogen and oxygen atoms in total. The van der Waals surface area contributed by atoms with Crippen molar-refractivity contribution < 1.29 is 4.42 Å². The van der Waals surface area contributed by atoms with E-state index < -0.39 is 0 Å². The van der Waals surface area contributed by atoms with Gasteiger partial charge >= 0.3 is 0 Å². The van der Waals surface area contributed by atoms with Crippen molar-refractivity contribution in [1.29, 1.82) is 0 Å². The first-order valence-corrected chi connectivity index (χ1v) is 5.17. The SMILES string of the molecule is CC(C)[C@@H](C)c1cc2ccccc2o1. The van der Waals surface area contributed by atoms with Crippen LogP contribution in [0.15, 0.2) is 34.7 Å². The topological polar surface area (TPSA) is 13.1 Å². The molecule has 0 aliphatic heterocycles. The van der Waals surface area contributed by atoms with Gasteiger partial charge < -0.3 is 4.42 Å². The first-order chi connectivity index (χ1) is 6.68. The molecule has 0 aliphatic rings. The van der Waals surface area contributed by atoms with Gasteiger partial charge in [0.1, 0.15) is 11.3 Å². The van der Waals surface area contributed by atoms with Gasteiger partial charge in [0.2, 0.25) is 0 Å². The quantitative estimate of drug-likeness (QED) is 0.688. The highest BCUT2D eigenvalue weighted by Gasteiger charge is 2.14. The van der Waals surface area contributed by atoms with Crippen molar-refractivity contribution in [3.63, 3.8) is 0 Å². The van der Waals surface area contributed by atoms with Crippen LogP contribution in [0.5, 0.6) is 0 Å². The molecule has 0 aliphatic carbocycles. The fourth-order valence-electron chi connectivity index (χ4n) is 1.56. The summed E-state index contributed by atoms with van der Waals surface area (Å²) in [5, 5.41) is 1.20. The summed E-state index contributed by atoms with van der Waals surface area (Å²) in [7, 11) is 0. The minimum Gasteiger partial charge on any atom is -0.461 e. The van der Waals surface area contributed by atoms with Crippen molar-refractivity contribution in [2.45, 2.75) is 26.7 Å². The molecule has 2 rings (SSSR count). The Morgan fingerprint density at radius 3 is 2.43 bits per heavy atom. The Morgan fingerprint density at radius 1 is 1.07 bits per heavy atom. The van der Waals surface area contributed by atoms with Gasteiger partial charge in [-0.25, -0.2) is 0 Å². The number of furan rings is 1. The number of hydrogen-bond donors (Lipinski definition) is 0. The van der Waals surface area contributed by atoms with Crippen molar-refractivity contribution in [2.75, 3.05) is 0 Å². The standard InChI is InChI=1S/C13H16O/c1-9(2)10(3)13-8-11-6-4-5-7-12(11)14-13/h4-10H,1-3H3/t10-/m1/s1. The van der Waals surface area contributed by atoms with E-state index in [4.69, 9.17) is 4.42 Å². The van der Waals surface area contributed by atoms with Crippen LogP contribution < -0.4 is 0 Å². The summed E-state index contributed by atoms with van der Waals surface area (Å²) in [5.74, 6) is 2.21. The van der Waals surface area contributed by atoms with Gasteiger partial charge in [-0.2, -0.15) is 0 Å². The fourth-order valence-corrected chi connectivity index (χ4v) is 1.56. The molecule has 1 heterocycles. The van der Waals surface area contributed by atoms with E-state index in [-0.39, 0.29) is 0 Å². The Balaban J connectivity index is 2.45. The number of rotatable bonds is 2. The van der Waals surface area contributed by atoms with E-state index in [9.17, 15) is 0 Å². The number of hydrogen-bond acceptors (Lipinski definition) is 1. The number of fused-ring (bicyclic) bond motifs is 1. The zero-order valence-corrected chi connectivity index (χ0v) is 8.95. The fraction of sp³-hybridized carbons (Fsp3) is 0.385. The molecule has 2 aromatic rings.